The maximum absolute atomic E-state index is 5.28. The number of ether oxygens (including phenoxy) is 1. The van der Waals surface area contributed by atoms with Gasteiger partial charge in [0.1, 0.15) is 0 Å². The van der Waals surface area contributed by atoms with E-state index < -0.39 is 0 Å². The van der Waals surface area contributed by atoms with Crippen LogP contribution in [0.4, 0.5) is 0 Å². The fourth-order valence-electron chi connectivity index (χ4n) is 0.569. The smallest absolute Gasteiger partial charge is 0.160 e. The first kappa shape index (κ1) is 10.8. The van der Waals surface area contributed by atoms with Gasteiger partial charge >= 0.3 is 0 Å². The molecule has 0 saturated heterocycles. The Morgan fingerprint density at radius 3 is 2.91 bits per heavy atom. The SMILES string of the molecule is CNCCC(=S)OCCCN. The summed E-state index contributed by atoms with van der Waals surface area (Å²) in [5, 5.41) is 3.67. The molecule has 4 heteroatoms. The summed E-state index contributed by atoms with van der Waals surface area (Å²) in [7, 11) is 1.89. The Morgan fingerprint density at radius 2 is 2.36 bits per heavy atom. The van der Waals surface area contributed by atoms with Crippen LogP contribution in [0.3, 0.4) is 0 Å². The molecule has 0 atom stereocenters. The second-order valence-electron chi connectivity index (χ2n) is 2.22. The third kappa shape index (κ3) is 7.71. The largest absolute Gasteiger partial charge is 0.487 e. The Balaban J connectivity index is 3.09. The van der Waals surface area contributed by atoms with Crippen LogP contribution in [0.5, 0.6) is 0 Å². The Bertz CT molecular complexity index is 109. The van der Waals surface area contributed by atoms with Crippen LogP contribution in [0, 0.1) is 0 Å². The average molecular weight is 176 g/mol. The summed E-state index contributed by atoms with van der Waals surface area (Å²) in [4.78, 5) is 0. The summed E-state index contributed by atoms with van der Waals surface area (Å²) in [5.41, 5.74) is 5.28. The third-order valence-corrected chi connectivity index (χ3v) is 1.51. The molecule has 0 heterocycles. The van der Waals surface area contributed by atoms with Crippen molar-refractivity contribution in [1.82, 2.24) is 5.32 Å². The summed E-state index contributed by atoms with van der Waals surface area (Å²) in [5.74, 6) is 0. The summed E-state index contributed by atoms with van der Waals surface area (Å²) >= 11 is 4.93. The molecule has 0 aromatic carbocycles. The Labute approximate surface area is 73.3 Å². The van der Waals surface area contributed by atoms with Crippen LogP contribution in [0.1, 0.15) is 12.8 Å². The maximum Gasteiger partial charge on any atom is 0.160 e. The lowest BCUT2D eigenvalue weighted by Gasteiger charge is -2.05. The molecule has 0 saturated carbocycles. The molecule has 0 aliphatic rings. The Hall–Kier alpha value is -0.190. The van der Waals surface area contributed by atoms with Gasteiger partial charge in [-0.05, 0) is 32.2 Å². The molecule has 0 radical (unpaired) electrons. The van der Waals surface area contributed by atoms with Gasteiger partial charge in [0.25, 0.3) is 0 Å². The summed E-state index contributed by atoms with van der Waals surface area (Å²) in [6, 6.07) is 0. The second kappa shape index (κ2) is 7.91. The highest BCUT2D eigenvalue weighted by atomic mass is 32.1. The van der Waals surface area contributed by atoms with Crippen molar-refractivity contribution in [3.63, 3.8) is 0 Å². The molecule has 3 N–H and O–H groups in total. The first-order chi connectivity index (χ1) is 5.31. The number of nitrogens with one attached hydrogen (secondary N) is 1. The van der Waals surface area contributed by atoms with Crippen LogP contribution >= 0.6 is 12.2 Å². The van der Waals surface area contributed by atoms with Crippen molar-refractivity contribution in [2.45, 2.75) is 12.8 Å². The van der Waals surface area contributed by atoms with Crippen LogP contribution in [0.2, 0.25) is 0 Å². The van der Waals surface area contributed by atoms with E-state index in [-0.39, 0.29) is 0 Å². The van der Waals surface area contributed by atoms with Gasteiger partial charge in [-0.2, -0.15) is 0 Å². The van der Waals surface area contributed by atoms with E-state index in [1.807, 2.05) is 7.05 Å². The van der Waals surface area contributed by atoms with Gasteiger partial charge in [0.05, 0.1) is 6.61 Å². The summed E-state index contributed by atoms with van der Waals surface area (Å²) in [6.45, 7) is 2.19. The standard InChI is InChI=1S/C7H16N2OS/c1-9-5-3-7(11)10-6-2-4-8/h9H,2-6,8H2,1H3. The van der Waals surface area contributed by atoms with Gasteiger partial charge in [0.15, 0.2) is 5.05 Å². The van der Waals surface area contributed by atoms with Gasteiger partial charge in [-0.3, -0.25) is 0 Å². The monoisotopic (exact) mass is 176 g/mol. The van der Waals surface area contributed by atoms with Crippen molar-refractivity contribution in [2.75, 3.05) is 26.7 Å². The van der Waals surface area contributed by atoms with Gasteiger partial charge in [0.2, 0.25) is 0 Å². The van der Waals surface area contributed by atoms with Crippen molar-refractivity contribution in [1.29, 1.82) is 0 Å². The predicted molar refractivity (Wildman–Crippen MR) is 50.8 cm³/mol. The molecule has 0 fully saturated rings. The van der Waals surface area contributed by atoms with Crippen LogP contribution in [0.25, 0.3) is 0 Å². The molecule has 0 rings (SSSR count). The van der Waals surface area contributed by atoms with E-state index in [9.17, 15) is 0 Å². The molecule has 0 unspecified atom stereocenters. The minimum absolute atomic E-state index is 0.652. The van der Waals surface area contributed by atoms with Crippen molar-refractivity contribution in [3.05, 3.63) is 0 Å². The molecule has 0 aromatic rings. The number of hydrogen-bond acceptors (Lipinski definition) is 4. The van der Waals surface area contributed by atoms with E-state index in [0.29, 0.717) is 18.2 Å². The zero-order valence-corrected chi connectivity index (χ0v) is 7.75. The summed E-state index contributed by atoms with van der Waals surface area (Å²) in [6.07, 6.45) is 1.68. The molecule has 0 aliphatic heterocycles. The molecule has 11 heavy (non-hydrogen) atoms. The first-order valence-electron chi connectivity index (χ1n) is 3.81. The van der Waals surface area contributed by atoms with Crippen molar-refractivity contribution < 1.29 is 4.74 Å². The fourth-order valence-corrected chi connectivity index (χ4v) is 0.754. The lowest BCUT2D eigenvalue weighted by atomic mass is 10.4. The lowest BCUT2D eigenvalue weighted by Crippen LogP contribution is -2.15. The van der Waals surface area contributed by atoms with Crippen LogP contribution in [0.15, 0.2) is 0 Å². The second-order valence-corrected chi connectivity index (χ2v) is 2.67. The Morgan fingerprint density at radius 1 is 1.64 bits per heavy atom. The Kier molecular flexibility index (Phi) is 7.78. The van der Waals surface area contributed by atoms with Gasteiger partial charge < -0.3 is 15.8 Å². The molecule has 66 valence electrons. The van der Waals surface area contributed by atoms with Gasteiger partial charge in [-0.1, -0.05) is 0 Å². The van der Waals surface area contributed by atoms with Gasteiger partial charge in [-0.15, -0.1) is 0 Å². The van der Waals surface area contributed by atoms with Crippen LogP contribution in [-0.4, -0.2) is 31.8 Å². The van der Waals surface area contributed by atoms with Crippen LogP contribution in [-0.2, 0) is 4.74 Å². The molecular weight excluding hydrogens is 160 g/mol. The molecule has 0 aromatic heterocycles. The van der Waals surface area contributed by atoms with Crippen molar-refractivity contribution >= 4 is 17.3 Å². The van der Waals surface area contributed by atoms with E-state index in [1.54, 1.807) is 0 Å². The van der Waals surface area contributed by atoms with E-state index in [2.05, 4.69) is 5.32 Å². The molecule has 0 aliphatic carbocycles. The molecule has 0 amide bonds. The van der Waals surface area contributed by atoms with Crippen LogP contribution < -0.4 is 11.1 Å². The first-order valence-corrected chi connectivity index (χ1v) is 4.22. The highest BCUT2D eigenvalue weighted by Crippen LogP contribution is 1.89. The van der Waals surface area contributed by atoms with Crippen molar-refractivity contribution in [3.8, 4) is 0 Å². The molecule has 0 spiro atoms. The minimum Gasteiger partial charge on any atom is -0.487 e. The highest BCUT2D eigenvalue weighted by molar-refractivity contribution is 7.80. The lowest BCUT2D eigenvalue weighted by molar-refractivity contribution is 0.300. The number of nitrogens with two attached hydrogens (primary N) is 1. The zero-order valence-electron chi connectivity index (χ0n) is 6.93. The third-order valence-electron chi connectivity index (χ3n) is 1.19. The normalized spacial score (nSPS) is 9.64. The van der Waals surface area contributed by atoms with Gasteiger partial charge in [-0.25, -0.2) is 0 Å². The predicted octanol–water partition coefficient (Wildman–Crippen LogP) is 0.289. The minimum atomic E-state index is 0.652. The molecule has 0 bridgehead atoms. The van der Waals surface area contributed by atoms with E-state index in [0.717, 1.165) is 19.4 Å². The fraction of sp³-hybridized carbons (Fsp3) is 0.857. The number of thiocarbonyl (C=S) groups is 1. The number of hydrogen-bond donors (Lipinski definition) is 2. The maximum atomic E-state index is 5.28. The van der Waals surface area contributed by atoms with E-state index in [4.69, 9.17) is 22.7 Å². The topological polar surface area (TPSA) is 47.3 Å². The van der Waals surface area contributed by atoms with E-state index in [1.165, 1.54) is 0 Å². The van der Waals surface area contributed by atoms with Gasteiger partial charge in [0, 0.05) is 13.0 Å². The summed E-state index contributed by atoms with van der Waals surface area (Å²) < 4.78 is 5.20. The molecular formula is C7H16N2OS. The molecule has 3 nitrogen and oxygen atoms in total. The zero-order chi connectivity index (χ0) is 8.53. The quantitative estimate of drug-likeness (QED) is 0.451. The highest BCUT2D eigenvalue weighted by Gasteiger charge is 1.94. The van der Waals surface area contributed by atoms with Crippen molar-refractivity contribution in [2.24, 2.45) is 5.73 Å². The number of rotatable bonds is 6. The van der Waals surface area contributed by atoms with E-state index >= 15 is 0 Å². The average Bonchev–Trinajstić information content (AvgIpc) is 2.01.